The van der Waals surface area contributed by atoms with Crippen molar-refractivity contribution in [2.75, 3.05) is 39.5 Å². The lowest BCUT2D eigenvalue weighted by atomic mass is 9.87. The summed E-state index contributed by atoms with van der Waals surface area (Å²) in [4.78, 5) is 25.7. The van der Waals surface area contributed by atoms with E-state index in [-0.39, 0.29) is 11.6 Å². The number of sulfonamides is 1. The van der Waals surface area contributed by atoms with Crippen LogP contribution in [0.25, 0.3) is 20.7 Å². The lowest BCUT2D eigenvalue weighted by molar-refractivity contribution is 0.182. The van der Waals surface area contributed by atoms with E-state index in [4.69, 9.17) is 4.74 Å². The van der Waals surface area contributed by atoms with Crippen LogP contribution in [-0.2, 0) is 29.4 Å². The van der Waals surface area contributed by atoms with E-state index < -0.39 is 10.0 Å². The standard InChI is InChI=1S/C28H31N5O4S2/c1-37-27-23(4-3-9-29-27)25-16-24-26(38-25)28(34)33(18-30-24)22-8-7-20-14-19(5-6-21(20)15-22)17-31-10-12-32(13-11-31)39(2,35)36/h3-6,9,14,16,18,22H,7-8,10-13,15,17H2,1-2H3/t22-/m0/s1. The average molecular weight is 566 g/mol. The summed E-state index contributed by atoms with van der Waals surface area (Å²) in [5, 5.41) is 0. The molecule has 4 aromatic rings. The number of methoxy groups -OCH3 is 1. The number of ether oxygens (including phenoxy) is 1. The van der Waals surface area contributed by atoms with Crippen molar-refractivity contribution in [3.05, 3.63) is 76.0 Å². The minimum absolute atomic E-state index is 0.00240. The van der Waals surface area contributed by atoms with Gasteiger partial charge in [0.2, 0.25) is 15.9 Å². The number of aryl methyl sites for hydroxylation is 1. The molecule has 204 valence electrons. The molecule has 0 saturated carbocycles. The number of hydrogen-bond donors (Lipinski definition) is 0. The summed E-state index contributed by atoms with van der Waals surface area (Å²) in [6.45, 7) is 3.38. The van der Waals surface area contributed by atoms with Gasteiger partial charge in [-0.1, -0.05) is 18.2 Å². The molecule has 4 heterocycles. The van der Waals surface area contributed by atoms with Crippen LogP contribution in [0.5, 0.6) is 5.88 Å². The summed E-state index contributed by atoms with van der Waals surface area (Å²) in [7, 11) is -1.53. The summed E-state index contributed by atoms with van der Waals surface area (Å²) in [6.07, 6.45) is 7.24. The van der Waals surface area contributed by atoms with E-state index >= 15 is 0 Å². The van der Waals surface area contributed by atoms with Gasteiger partial charge >= 0.3 is 0 Å². The zero-order valence-corrected chi connectivity index (χ0v) is 23.7. The zero-order chi connectivity index (χ0) is 27.1. The number of pyridine rings is 1. The van der Waals surface area contributed by atoms with Gasteiger partial charge in [0.05, 0.1) is 30.8 Å². The Bertz CT molecular complexity index is 1690. The lowest BCUT2D eigenvalue weighted by Gasteiger charge is -2.33. The van der Waals surface area contributed by atoms with E-state index in [0.29, 0.717) is 29.2 Å². The molecular formula is C28H31N5O4S2. The van der Waals surface area contributed by atoms with Crippen LogP contribution in [0.1, 0.15) is 29.2 Å². The number of hydrogen-bond acceptors (Lipinski definition) is 8. The Kier molecular flexibility index (Phi) is 7.00. The van der Waals surface area contributed by atoms with E-state index in [9.17, 15) is 13.2 Å². The monoisotopic (exact) mass is 565 g/mol. The zero-order valence-electron chi connectivity index (χ0n) is 22.0. The molecule has 0 N–H and O–H groups in total. The van der Waals surface area contributed by atoms with Crippen molar-refractivity contribution in [3.63, 3.8) is 0 Å². The number of nitrogens with zero attached hydrogens (tertiary/aromatic N) is 5. The third-order valence-electron chi connectivity index (χ3n) is 7.77. The highest BCUT2D eigenvalue weighted by atomic mass is 32.2. The summed E-state index contributed by atoms with van der Waals surface area (Å²) in [6, 6.07) is 12.4. The maximum Gasteiger partial charge on any atom is 0.271 e. The molecule has 1 aliphatic carbocycles. The maximum atomic E-state index is 13.5. The predicted molar refractivity (Wildman–Crippen MR) is 153 cm³/mol. The Morgan fingerprint density at radius 1 is 1.08 bits per heavy atom. The van der Waals surface area contributed by atoms with Gasteiger partial charge in [0.15, 0.2) is 0 Å². The summed E-state index contributed by atoms with van der Waals surface area (Å²) in [5.41, 5.74) is 5.40. The van der Waals surface area contributed by atoms with E-state index in [1.54, 1.807) is 28.5 Å². The Morgan fingerprint density at radius 3 is 2.67 bits per heavy atom. The molecule has 9 nitrogen and oxygen atoms in total. The minimum Gasteiger partial charge on any atom is -0.481 e. The molecule has 0 unspecified atom stereocenters. The van der Waals surface area contributed by atoms with Crippen LogP contribution < -0.4 is 10.3 Å². The van der Waals surface area contributed by atoms with Gasteiger partial charge in [0.1, 0.15) is 4.70 Å². The van der Waals surface area contributed by atoms with Crippen LogP contribution in [-0.4, -0.2) is 71.7 Å². The van der Waals surface area contributed by atoms with Crippen LogP contribution in [0.2, 0.25) is 0 Å². The first-order chi connectivity index (χ1) is 18.8. The van der Waals surface area contributed by atoms with Crippen molar-refractivity contribution in [2.45, 2.75) is 31.8 Å². The average Bonchev–Trinajstić information content (AvgIpc) is 3.38. The van der Waals surface area contributed by atoms with Gasteiger partial charge in [-0.05, 0) is 54.2 Å². The third kappa shape index (κ3) is 5.23. The molecule has 11 heteroatoms. The molecule has 0 amide bonds. The highest BCUT2D eigenvalue weighted by Gasteiger charge is 2.25. The second kappa shape index (κ2) is 10.5. The molecule has 1 saturated heterocycles. The van der Waals surface area contributed by atoms with Crippen LogP contribution in [0.3, 0.4) is 0 Å². The van der Waals surface area contributed by atoms with Gasteiger partial charge < -0.3 is 4.74 Å². The van der Waals surface area contributed by atoms with E-state index in [1.807, 2.05) is 18.2 Å². The largest absolute Gasteiger partial charge is 0.481 e. The lowest BCUT2D eigenvalue weighted by Crippen LogP contribution is -2.47. The van der Waals surface area contributed by atoms with Crippen LogP contribution in [0, 0.1) is 0 Å². The van der Waals surface area contributed by atoms with Gasteiger partial charge in [-0.3, -0.25) is 14.3 Å². The third-order valence-corrected chi connectivity index (χ3v) is 10.2. The quantitative estimate of drug-likeness (QED) is 0.354. The van der Waals surface area contributed by atoms with Crippen molar-refractivity contribution in [3.8, 4) is 16.3 Å². The van der Waals surface area contributed by atoms with Crippen LogP contribution in [0.15, 0.2) is 53.7 Å². The van der Waals surface area contributed by atoms with E-state index in [2.05, 4.69) is 33.1 Å². The number of aromatic nitrogens is 3. The number of benzene rings is 1. The fourth-order valence-electron chi connectivity index (χ4n) is 5.66. The highest BCUT2D eigenvalue weighted by molar-refractivity contribution is 7.88. The number of rotatable bonds is 6. The Labute approximate surface area is 231 Å². The van der Waals surface area contributed by atoms with Crippen LogP contribution >= 0.6 is 11.3 Å². The summed E-state index contributed by atoms with van der Waals surface area (Å²) >= 11 is 1.43. The second-order valence-corrected chi connectivity index (χ2v) is 13.3. The van der Waals surface area contributed by atoms with Gasteiger partial charge in [-0.25, -0.2) is 18.4 Å². The Hall–Kier alpha value is -3.12. The molecule has 0 bridgehead atoms. The Morgan fingerprint density at radius 2 is 1.90 bits per heavy atom. The van der Waals surface area contributed by atoms with Gasteiger partial charge in [-0.15, -0.1) is 11.3 Å². The van der Waals surface area contributed by atoms with Crippen molar-refractivity contribution in [1.29, 1.82) is 0 Å². The molecule has 2 aliphatic rings. The van der Waals surface area contributed by atoms with Gasteiger partial charge in [-0.2, -0.15) is 4.31 Å². The molecule has 3 aromatic heterocycles. The summed E-state index contributed by atoms with van der Waals surface area (Å²) < 4.78 is 33.0. The molecule has 39 heavy (non-hydrogen) atoms. The molecule has 6 rings (SSSR count). The van der Waals surface area contributed by atoms with E-state index in [0.717, 1.165) is 49.3 Å². The molecule has 0 radical (unpaired) electrons. The SMILES string of the molecule is COc1ncccc1-c1cc2ncn([C@H]3CCc4cc(CN5CCN(S(C)(=O)=O)CC5)ccc4C3)c(=O)c2s1. The fraction of sp³-hybridized carbons (Fsp3) is 0.393. The Balaban J connectivity index is 1.18. The van der Waals surface area contributed by atoms with Crippen molar-refractivity contribution in [2.24, 2.45) is 0 Å². The second-order valence-electron chi connectivity index (χ2n) is 10.3. The molecule has 1 atom stereocenters. The minimum atomic E-state index is -3.12. The predicted octanol–water partition coefficient (Wildman–Crippen LogP) is 3.34. The topological polar surface area (TPSA) is 97.6 Å². The smallest absolute Gasteiger partial charge is 0.271 e. The normalized spacial score (nSPS) is 18.8. The van der Waals surface area contributed by atoms with Crippen molar-refractivity contribution in [1.82, 2.24) is 23.7 Å². The molecule has 0 spiro atoms. The maximum absolute atomic E-state index is 13.5. The van der Waals surface area contributed by atoms with E-state index in [1.165, 1.54) is 34.3 Å². The first-order valence-corrected chi connectivity index (χ1v) is 15.7. The van der Waals surface area contributed by atoms with Crippen molar-refractivity contribution >= 4 is 31.6 Å². The van der Waals surface area contributed by atoms with Gasteiger partial charge in [0.25, 0.3) is 5.56 Å². The van der Waals surface area contributed by atoms with Crippen LogP contribution in [0.4, 0.5) is 0 Å². The van der Waals surface area contributed by atoms with Crippen molar-refractivity contribution < 1.29 is 13.2 Å². The number of thiophene rings is 1. The molecule has 1 aliphatic heterocycles. The summed E-state index contributed by atoms with van der Waals surface area (Å²) in [5.74, 6) is 0.531. The first kappa shape index (κ1) is 26.1. The molecule has 1 aromatic carbocycles. The highest BCUT2D eigenvalue weighted by Crippen LogP contribution is 2.36. The number of fused-ring (bicyclic) bond motifs is 2. The van der Waals surface area contributed by atoms with Gasteiger partial charge in [0, 0.05) is 49.8 Å². The molecular weight excluding hydrogens is 534 g/mol. The number of piperazine rings is 1. The molecule has 1 fully saturated rings. The fourth-order valence-corrected chi connectivity index (χ4v) is 7.55. The first-order valence-electron chi connectivity index (χ1n) is 13.1.